The van der Waals surface area contributed by atoms with E-state index in [0.717, 1.165) is 33.2 Å². The number of nitrogens with zero attached hydrogens (tertiary/aromatic N) is 5. The highest BCUT2D eigenvalue weighted by molar-refractivity contribution is 7.94. The molecule has 7 aromatic rings. The molecule has 0 amide bonds. The van der Waals surface area contributed by atoms with E-state index < -0.39 is 9.73 Å². The van der Waals surface area contributed by atoms with Crippen molar-refractivity contribution in [2.75, 3.05) is 0 Å². The van der Waals surface area contributed by atoms with Crippen molar-refractivity contribution in [3.63, 3.8) is 0 Å². The topological polar surface area (TPSA) is 73.0 Å². The van der Waals surface area contributed by atoms with Gasteiger partial charge in [-0.2, -0.15) is 14.3 Å². The SMILES string of the molecule is O=S1(c2ccccc2)=Nc2ccccc2-c2c1n(-c1nc(-c3ccccc3)nc(-c3ccccc3)n1)c1ccccc21. The average Bonchev–Trinajstić information content (AvgIpc) is 3.42. The predicted molar refractivity (Wildman–Crippen MR) is 166 cm³/mol. The maximum Gasteiger partial charge on any atom is 0.239 e. The normalized spacial score (nSPS) is 15.5. The van der Waals surface area contributed by atoms with Gasteiger partial charge in [0.1, 0.15) is 14.8 Å². The van der Waals surface area contributed by atoms with Gasteiger partial charge in [-0.25, -0.2) is 9.19 Å². The first-order valence-corrected chi connectivity index (χ1v) is 15.1. The molecule has 6 nitrogen and oxygen atoms in total. The predicted octanol–water partition coefficient (Wildman–Crippen LogP) is 8.35. The lowest BCUT2D eigenvalue weighted by Crippen LogP contribution is -2.15. The van der Waals surface area contributed by atoms with Crippen molar-refractivity contribution < 1.29 is 4.21 Å². The van der Waals surface area contributed by atoms with Crippen LogP contribution in [0.3, 0.4) is 0 Å². The largest absolute Gasteiger partial charge is 0.268 e. The number of benzene rings is 5. The van der Waals surface area contributed by atoms with Gasteiger partial charge in [0, 0.05) is 27.6 Å². The second-order valence-electron chi connectivity index (χ2n) is 9.99. The van der Waals surface area contributed by atoms with Crippen LogP contribution in [0.2, 0.25) is 0 Å². The van der Waals surface area contributed by atoms with Crippen LogP contribution in [0.5, 0.6) is 0 Å². The molecule has 0 saturated carbocycles. The molecule has 1 unspecified atom stereocenters. The molecule has 2 aromatic heterocycles. The zero-order chi connectivity index (χ0) is 28.1. The number of rotatable bonds is 4. The van der Waals surface area contributed by atoms with E-state index >= 15 is 4.21 Å². The van der Waals surface area contributed by atoms with Crippen LogP contribution < -0.4 is 0 Å². The molecule has 0 N–H and O–H groups in total. The molecule has 1 aliphatic heterocycles. The van der Waals surface area contributed by atoms with Gasteiger partial charge in [-0.05, 0) is 24.3 Å². The molecule has 8 rings (SSSR count). The minimum atomic E-state index is -3.15. The van der Waals surface area contributed by atoms with Crippen LogP contribution in [0.1, 0.15) is 0 Å². The van der Waals surface area contributed by atoms with E-state index in [4.69, 9.17) is 19.3 Å². The summed E-state index contributed by atoms with van der Waals surface area (Å²) in [5, 5.41) is 1.53. The maximum atomic E-state index is 15.4. The number of aromatic nitrogens is 4. The third-order valence-corrected chi connectivity index (χ3v) is 9.72. The van der Waals surface area contributed by atoms with Crippen LogP contribution in [0.15, 0.2) is 154 Å². The van der Waals surface area contributed by atoms with Crippen LogP contribution >= 0.6 is 0 Å². The number of hydrogen-bond donors (Lipinski definition) is 0. The summed E-state index contributed by atoms with van der Waals surface area (Å²) in [6.07, 6.45) is 0. The van der Waals surface area contributed by atoms with E-state index in [-0.39, 0.29) is 0 Å². The molecule has 0 fully saturated rings. The van der Waals surface area contributed by atoms with Crippen molar-refractivity contribution in [2.24, 2.45) is 4.36 Å². The molecule has 0 spiro atoms. The molecule has 0 bridgehead atoms. The summed E-state index contributed by atoms with van der Waals surface area (Å²) in [5.41, 5.74) is 5.09. The fourth-order valence-corrected chi connectivity index (χ4v) is 7.85. The van der Waals surface area contributed by atoms with Crippen molar-refractivity contribution in [1.82, 2.24) is 19.5 Å². The van der Waals surface area contributed by atoms with Gasteiger partial charge in [0.2, 0.25) is 5.95 Å². The summed E-state index contributed by atoms with van der Waals surface area (Å²) in [6.45, 7) is 0. The van der Waals surface area contributed by atoms with E-state index in [1.165, 1.54) is 0 Å². The quantitative estimate of drug-likeness (QED) is 0.216. The Bertz CT molecular complexity index is 2180. The molecule has 0 aliphatic carbocycles. The molecular formula is C35H23N5OS. The number of para-hydroxylation sites is 1. The van der Waals surface area contributed by atoms with Crippen LogP contribution in [-0.2, 0) is 9.73 Å². The molecule has 1 aliphatic rings. The fraction of sp³-hybridized carbons (Fsp3) is 0. The Balaban J connectivity index is 1.53. The maximum absolute atomic E-state index is 15.4. The van der Waals surface area contributed by atoms with Gasteiger partial charge in [-0.3, -0.25) is 4.57 Å². The molecule has 0 saturated heterocycles. The first kappa shape index (κ1) is 24.4. The molecule has 5 aromatic carbocycles. The molecular weight excluding hydrogens is 538 g/mol. The van der Waals surface area contributed by atoms with E-state index in [1.807, 2.05) is 138 Å². The van der Waals surface area contributed by atoms with Crippen molar-refractivity contribution in [3.05, 3.63) is 140 Å². The highest BCUT2D eigenvalue weighted by atomic mass is 32.2. The molecule has 200 valence electrons. The summed E-state index contributed by atoms with van der Waals surface area (Å²) in [7, 11) is -3.15. The van der Waals surface area contributed by atoms with Crippen molar-refractivity contribution in [2.45, 2.75) is 9.92 Å². The zero-order valence-electron chi connectivity index (χ0n) is 22.3. The smallest absolute Gasteiger partial charge is 0.239 e. The van der Waals surface area contributed by atoms with Gasteiger partial charge < -0.3 is 0 Å². The Morgan fingerprint density at radius 1 is 0.548 bits per heavy atom. The van der Waals surface area contributed by atoms with Crippen molar-refractivity contribution in [1.29, 1.82) is 0 Å². The summed E-state index contributed by atoms with van der Waals surface area (Å²) < 4.78 is 22.3. The van der Waals surface area contributed by atoms with Crippen LogP contribution in [0.4, 0.5) is 5.69 Å². The van der Waals surface area contributed by atoms with Gasteiger partial charge in [-0.15, -0.1) is 0 Å². The van der Waals surface area contributed by atoms with E-state index in [9.17, 15) is 0 Å². The lowest BCUT2D eigenvalue weighted by molar-refractivity contribution is 0.669. The molecule has 0 radical (unpaired) electrons. The summed E-state index contributed by atoms with van der Waals surface area (Å²) in [4.78, 5) is 15.5. The lowest BCUT2D eigenvalue weighted by atomic mass is 10.0. The summed E-state index contributed by atoms with van der Waals surface area (Å²) in [5.74, 6) is 1.45. The molecule has 7 heteroatoms. The standard InChI is InChI=1S/C35H23N5OS/c41-42(26-18-8-3-9-19-26)34-31(27-20-10-12-22-29(27)39-42)28-21-11-13-23-30(28)40(34)35-37-32(24-14-4-1-5-15-24)36-33(38-35)25-16-6-2-7-17-25/h1-23H. The molecule has 42 heavy (non-hydrogen) atoms. The third kappa shape index (κ3) is 3.78. The first-order chi connectivity index (χ1) is 20.7. The Morgan fingerprint density at radius 3 is 1.76 bits per heavy atom. The fourth-order valence-electron chi connectivity index (χ4n) is 5.55. The Hall–Kier alpha value is -5.40. The van der Waals surface area contributed by atoms with E-state index in [1.54, 1.807) is 0 Å². The molecule has 3 heterocycles. The van der Waals surface area contributed by atoms with E-state index in [0.29, 0.717) is 33.2 Å². The minimum Gasteiger partial charge on any atom is -0.268 e. The van der Waals surface area contributed by atoms with Crippen molar-refractivity contribution in [3.8, 4) is 39.9 Å². The molecule has 1 atom stereocenters. The van der Waals surface area contributed by atoms with Gasteiger partial charge in [-0.1, -0.05) is 115 Å². The minimum absolute atomic E-state index is 0.387. The zero-order valence-corrected chi connectivity index (χ0v) is 23.1. The number of fused-ring (bicyclic) bond motifs is 5. The average molecular weight is 562 g/mol. The Kier molecular flexibility index (Phi) is 5.58. The summed E-state index contributed by atoms with van der Waals surface area (Å²) in [6, 6.07) is 45.1. The van der Waals surface area contributed by atoms with Gasteiger partial charge >= 0.3 is 0 Å². The van der Waals surface area contributed by atoms with E-state index in [2.05, 4.69) is 6.07 Å². The van der Waals surface area contributed by atoms with Gasteiger partial charge in [0.15, 0.2) is 11.6 Å². The van der Waals surface area contributed by atoms with Crippen LogP contribution in [-0.4, -0.2) is 23.7 Å². The van der Waals surface area contributed by atoms with Crippen LogP contribution in [0, 0.1) is 0 Å². The second kappa shape index (κ2) is 9.61. The lowest BCUT2D eigenvalue weighted by Gasteiger charge is -2.21. The highest BCUT2D eigenvalue weighted by Gasteiger charge is 2.34. The highest BCUT2D eigenvalue weighted by Crippen LogP contribution is 2.49. The van der Waals surface area contributed by atoms with Gasteiger partial charge in [0.25, 0.3) is 0 Å². The Labute approximate surface area is 243 Å². The Morgan fingerprint density at radius 2 is 1.10 bits per heavy atom. The van der Waals surface area contributed by atoms with Crippen molar-refractivity contribution >= 4 is 26.3 Å². The van der Waals surface area contributed by atoms with Gasteiger partial charge in [0.05, 0.1) is 16.1 Å². The number of hydrogen-bond acceptors (Lipinski definition) is 5. The second-order valence-corrected chi connectivity index (χ2v) is 12.1. The summed E-state index contributed by atoms with van der Waals surface area (Å²) >= 11 is 0. The van der Waals surface area contributed by atoms with Crippen LogP contribution in [0.25, 0.3) is 50.8 Å². The monoisotopic (exact) mass is 561 g/mol. The first-order valence-electron chi connectivity index (χ1n) is 13.6. The third-order valence-electron chi connectivity index (χ3n) is 7.44.